The predicted molar refractivity (Wildman–Crippen MR) is 101 cm³/mol. The smallest absolute Gasteiger partial charge is 0.188 e. The first kappa shape index (κ1) is 16.0. The molecule has 25 heavy (non-hydrogen) atoms. The van der Waals surface area contributed by atoms with Crippen LogP contribution in [0.1, 0.15) is 24.9 Å². The van der Waals surface area contributed by atoms with Crippen molar-refractivity contribution in [2.24, 2.45) is 0 Å². The summed E-state index contributed by atoms with van der Waals surface area (Å²) in [6, 6.07) is 13.9. The van der Waals surface area contributed by atoms with E-state index in [4.69, 9.17) is 26.4 Å². The number of rotatable bonds is 3. The number of nitrogens with zero attached hydrogens (tertiary/aromatic N) is 1. The summed E-state index contributed by atoms with van der Waals surface area (Å²) in [6.07, 6.45) is 0.777. The molecule has 2 atom stereocenters. The maximum absolute atomic E-state index is 6.45. The minimum absolute atomic E-state index is 0.103. The van der Waals surface area contributed by atoms with Crippen molar-refractivity contribution >= 4 is 23.0 Å². The van der Waals surface area contributed by atoms with Gasteiger partial charge in [-0.25, -0.2) is 0 Å². The lowest BCUT2D eigenvalue weighted by Gasteiger charge is -2.52. The zero-order chi connectivity index (χ0) is 17.6. The van der Waals surface area contributed by atoms with E-state index in [1.54, 1.807) is 14.2 Å². The number of benzene rings is 2. The highest BCUT2D eigenvalue weighted by Gasteiger charge is 2.49. The lowest BCUT2D eigenvalue weighted by molar-refractivity contribution is 0.0464. The Bertz CT molecular complexity index is 824. The highest BCUT2D eigenvalue weighted by atomic mass is 32.1. The van der Waals surface area contributed by atoms with Crippen LogP contribution < -0.4 is 24.4 Å². The number of nitrogens with one attached hydrogen (secondary N) is 1. The van der Waals surface area contributed by atoms with Crippen molar-refractivity contribution in [3.8, 4) is 17.2 Å². The number of hydrogen-bond acceptors (Lipinski definition) is 4. The first-order valence-corrected chi connectivity index (χ1v) is 8.57. The predicted octanol–water partition coefficient (Wildman–Crippen LogP) is 3.64. The van der Waals surface area contributed by atoms with Crippen molar-refractivity contribution in [1.82, 2.24) is 5.32 Å². The zero-order valence-corrected chi connectivity index (χ0v) is 15.2. The summed E-state index contributed by atoms with van der Waals surface area (Å²) in [7, 11) is 3.31. The van der Waals surface area contributed by atoms with Gasteiger partial charge in [0.1, 0.15) is 5.75 Å². The standard InChI is InChI=1S/C19H20N2O3S/c1-19-11-15(14-5-4-6-16(23-3)17(14)24-19)20-18(25)21(19)12-7-9-13(22-2)10-8-12/h4-10,15H,11H2,1-3H3,(H,20,25)/t15-,19+/m0/s1. The summed E-state index contributed by atoms with van der Waals surface area (Å²) in [5.74, 6) is 2.31. The highest BCUT2D eigenvalue weighted by Crippen LogP contribution is 2.49. The van der Waals surface area contributed by atoms with Gasteiger partial charge in [-0.15, -0.1) is 0 Å². The fourth-order valence-corrected chi connectivity index (χ4v) is 4.08. The summed E-state index contributed by atoms with van der Waals surface area (Å²) >= 11 is 5.66. The molecule has 2 aromatic rings. The highest BCUT2D eigenvalue weighted by molar-refractivity contribution is 7.80. The molecule has 4 rings (SSSR count). The van der Waals surface area contributed by atoms with Gasteiger partial charge in [0.05, 0.1) is 20.3 Å². The van der Waals surface area contributed by atoms with Crippen molar-refractivity contribution in [3.63, 3.8) is 0 Å². The van der Waals surface area contributed by atoms with Gasteiger partial charge in [-0.1, -0.05) is 12.1 Å². The van der Waals surface area contributed by atoms with Gasteiger partial charge in [-0.3, -0.25) is 4.90 Å². The maximum atomic E-state index is 6.45. The van der Waals surface area contributed by atoms with Crippen LogP contribution in [0.2, 0.25) is 0 Å². The Labute approximate surface area is 152 Å². The third-order valence-electron chi connectivity index (χ3n) is 4.81. The Balaban J connectivity index is 1.78. The molecular weight excluding hydrogens is 336 g/mol. The molecule has 5 nitrogen and oxygen atoms in total. The molecule has 1 saturated heterocycles. The molecule has 0 aromatic heterocycles. The molecule has 1 fully saturated rings. The fraction of sp³-hybridized carbons (Fsp3) is 0.316. The molecule has 2 aliphatic heterocycles. The first-order valence-electron chi connectivity index (χ1n) is 8.16. The van der Waals surface area contributed by atoms with Crippen LogP contribution in [0.25, 0.3) is 0 Å². The topological polar surface area (TPSA) is 43.0 Å². The van der Waals surface area contributed by atoms with E-state index < -0.39 is 5.72 Å². The third kappa shape index (κ3) is 2.48. The lowest BCUT2D eigenvalue weighted by Crippen LogP contribution is -2.65. The molecule has 1 N–H and O–H groups in total. The molecule has 0 radical (unpaired) electrons. The van der Waals surface area contributed by atoms with Crippen molar-refractivity contribution in [2.45, 2.75) is 25.1 Å². The molecular formula is C19H20N2O3S. The second-order valence-corrected chi connectivity index (χ2v) is 6.78. The van der Waals surface area contributed by atoms with Crippen LogP contribution in [-0.2, 0) is 0 Å². The molecule has 6 heteroatoms. The molecule has 0 unspecified atom stereocenters. The van der Waals surface area contributed by atoms with Gasteiger partial charge in [0.25, 0.3) is 0 Å². The van der Waals surface area contributed by atoms with E-state index in [1.165, 1.54) is 0 Å². The van der Waals surface area contributed by atoms with Crippen LogP contribution in [0.4, 0.5) is 5.69 Å². The number of ether oxygens (including phenoxy) is 3. The van der Waals surface area contributed by atoms with Gasteiger partial charge in [0, 0.05) is 17.7 Å². The number of thiocarbonyl (C=S) groups is 1. The van der Waals surface area contributed by atoms with E-state index in [0.29, 0.717) is 5.11 Å². The van der Waals surface area contributed by atoms with Gasteiger partial charge in [0.15, 0.2) is 22.3 Å². The summed E-state index contributed by atoms with van der Waals surface area (Å²) < 4.78 is 17.2. The molecule has 0 amide bonds. The van der Waals surface area contributed by atoms with E-state index >= 15 is 0 Å². The third-order valence-corrected chi connectivity index (χ3v) is 5.11. The molecule has 0 aliphatic carbocycles. The number of para-hydroxylation sites is 1. The normalized spacial score (nSPS) is 24.0. The first-order chi connectivity index (χ1) is 12.1. The van der Waals surface area contributed by atoms with Gasteiger partial charge < -0.3 is 19.5 Å². The zero-order valence-electron chi connectivity index (χ0n) is 14.4. The van der Waals surface area contributed by atoms with Crippen molar-refractivity contribution < 1.29 is 14.2 Å². The van der Waals surface area contributed by atoms with Crippen LogP contribution in [0, 0.1) is 0 Å². The monoisotopic (exact) mass is 356 g/mol. The molecule has 2 aromatic carbocycles. The lowest BCUT2D eigenvalue weighted by atomic mass is 9.90. The molecule has 2 bridgehead atoms. The number of hydrogen-bond donors (Lipinski definition) is 1. The summed E-state index contributed by atoms with van der Waals surface area (Å²) in [5.41, 5.74) is 1.44. The summed E-state index contributed by atoms with van der Waals surface area (Å²) in [6.45, 7) is 2.06. The number of methoxy groups -OCH3 is 2. The van der Waals surface area contributed by atoms with Crippen molar-refractivity contribution in [3.05, 3.63) is 48.0 Å². The van der Waals surface area contributed by atoms with Crippen LogP contribution in [0.5, 0.6) is 17.2 Å². The van der Waals surface area contributed by atoms with E-state index in [-0.39, 0.29) is 6.04 Å². The average molecular weight is 356 g/mol. The Kier molecular flexibility index (Phi) is 3.72. The minimum atomic E-state index is -0.594. The number of anilines is 1. The molecule has 2 heterocycles. The van der Waals surface area contributed by atoms with Crippen LogP contribution in [0.15, 0.2) is 42.5 Å². The SMILES string of the molecule is COc1ccc(N2C(=S)N[C@H]3C[C@@]2(C)Oc2c(OC)cccc23)cc1. The Morgan fingerprint density at radius 2 is 1.92 bits per heavy atom. The Hall–Kier alpha value is -2.47. The minimum Gasteiger partial charge on any atom is -0.497 e. The van der Waals surface area contributed by atoms with Gasteiger partial charge in [-0.2, -0.15) is 0 Å². The second kappa shape index (κ2) is 5.81. The summed E-state index contributed by atoms with van der Waals surface area (Å²) in [4.78, 5) is 2.02. The fourth-order valence-electron chi connectivity index (χ4n) is 3.64. The molecule has 2 aliphatic rings. The Morgan fingerprint density at radius 3 is 2.60 bits per heavy atom. The average Bonchev–Trinajstić information content (AvgIpc) is 2.61. The molecule has 130 valence electrons. The molecule has 0 saturated carbocycles. The van der Waals surface area contributed by atoms with E-state index in [2.05, 4.69) is 18.3 Å². The largest absolute Gasteiger partial charge is 0.497 e. The quantitative estimate of drug-likeness (QED) is 0.847. The maximum Gasteiger partial charge on any atom is 0.188 e. The summed E-state index contributed by atoms with van der Waals surface area (Å²) in [5, 5.41) is 4.10. The van der Waals surface area contributed by atoms with E-state index in [0.717, 1.165) is 34.9 Å². The van der Waals surface area contributed by atoms with Crippen molar-refractivity contribution in [1.29, 1.82) is 0 Å². The van der Waals surface area contributed by atoms with Crippen molar-refractivity contribution in [2.75, 3.05) is 19.1 Å². The van der Waals surface area contributed by atoms with Crippen LogP contribution >= 0.6 is 12.2 Å². The van der Waals surface area contributed by atoms with E-state index in [1.807, 2.05) is 41.3 Å². The van der Waals surface area contributed by atoms with Gasteiger partial charge in [0.2, 0.25) is 0 Å². The van der Waals surface area contributed by atoms with Gasteiger partial charge >= 0.3 is 0 Å². The number of fused-ring (bicyclic) bond motifs is 4. The Morgan fingerprint density at radius 1 is 1.16 bits per heavy atom. The van der Waals surface area contributed by atoms with Gasteiger partial charge in [-0.05, 0) is 49.5 Å². The van der Waals surface area contributed by atoms with Crippen LogP contribution in [0.3, 0.4) is 0 Å². The second-order valence-electron chi connectivity index (χ2n) is 6.40. The van der Waals surface area contributed by atoms with E-state index in [9.17, 15) is 0 Å². The molecule has 0 spiro atoms. The van der Waals surface area contributed by atoms with Crippen LogP contribution in [-0.4, -0.2) is 25.1 Å².